The maximum Gasteiger partial charge on any atom is 0.143 e. The van der Waals surface area contributed by atoms with Gasteiger partial charge >= 0.3 is 0 Å². The molecular weight excluding hydrogens is 368 g/mol. The van der Waals surface area contributed by atoms with Crippen molar-refractivity contribution >= 4 is 11.3 Å². The largest absolute Gasteiger partial charge is 0.497 e. The lowest BCUT2D eigenvalue weighted by atomic mass is 9.95. The molecule has 0 saturated heterocycles. The highest BCUT2D eigenvalue weighted by Crippen LogP contribution is 2.37. The summed E-state index contributed by atoms with van der Waals surface area (Å²) >= 11 is 0. The van der Waals surface area contributed by atoms with E-state index >= 15 is 0 Å². The zero-order valence-corrected chi connectivity index (χ0v) is 17.9. The molecule has 0 N–H and O–H groups in total. The van der Waals surface area contributed by atoms with Crippen molar-refractivity contribution in [1.29, 1.82) is 0 Å². The molecule has 1 heterocycles. The first-order valence-corrected chi connectivity index (χ1v) is 10.6. The average Bonchev–Trinajstić information content (AvgIpc) is 2.84. The van der Waals surface area contributed by atoms with Gasteiger partial charge in [-0.25, -0.2) is 0 Å². The molecule has 1 aliphatic heterocycles. The zero-order valence-electron chi connectivity index (χ0n) is 17.9. The van der Waals surface area contributed by atoms with Gasteiger partial charge in [0, 0.05) is 5.56 Å². The molecule has 0 bridgehead atoms. The number of hydrogen-bond donors (Lipinski definition) is 0. The molecule has 4 rings (SSSR count). The lowest BCUT2D eigenvalue weighted by Gasteiger charge is -2.25. The van der Waals surface area contributed by atoms with E-state index in [4.69, 9.17) is 9.47 Å². The Morgan fingerprint density at radius 2 is 1.30 bits per heavy atom. The first-order valence-electron chi connectivity index (χ1n) is 10.6. The van der Waals surface area contributed by atoms with Crippen molar-refractivity contribution in [2.24, 2.45) is 0 Å². The topological polar surface area (TPSA) is 18.5 Å². The summed E-state index contributed by atoms with van der Waals surface area (Å²) < 4.78 is 11.8. The molecule has 0 saturated carbocycles. The SMILES string of the molecule is CCc1ccc(C2=CC(c3ccc(OC)cc3)=CC(c3ccc(CC)cc3)O2)cc1. The van der Waals surface area contributed by atoms with Crippen molar-refractivity contribution in [2.75, 3.05) is 7.11 Å². The van der Waals surface area contributed by atoms with E-state index in [9.17, 15) is 0 Å². The predicted molar refractivity (Wildman–Crippen MR) is 124 cm³/mol. The van der Waals surface area contributed by atoms with E-state index in [2.05, 4.69) is 86.7 Å². The molecule has 3 aromatic rings. The van der Waals surface area contributed by atoms with Crippen molar-refractivity contribution in [3.05, 3.63) is 113 Å². The van der Waals surface area contributed by atoms with Crippen LogP contribution in [0.25, 0.3) is 11.3 Å². The van der Waals surface area contributed by atoms with Gasteiger partial charge in [0.1, 0.15) is 17.6 Å². The second-order valence-corrected chi connectivity index (χ2v) is 7.54. The van der Waals surface area contributed by atoms with Crippen LogP contribution in [0, 0.1) is 0 Å². The highest BCUT2D eigenvalue weighted by molar-refractivity contribution is 5.84. The lowest BCUT2D eigenvalue weighted by Crippen LogP contribution is -2.07. The van der Waals surface area contributed by atoms with Crippen molar-refractivity contribution in [3.63, 3.8) is 0 Å². The van der Waals surface area contributed by atoms with E-state index in [-0.39, 0.29) is 6.10 Å². The Kier molecular flexibility index (Phi) is 6.04. The molecular formula is C28H28O2. The number of benzene rings is 3. The molecule has 0 aliphatic carbocycles. The maximum atomic E-state index is 6.46. The fourth-order valence-corrected chi connectivity index (χ4v) is 3.68. The number of ether oxygens (including phenoxy) is 2. The molecule has 0 radical (unpaired) electrons. The summed E-state index contributed by atoms with van der Waals surface area (Å²) in [4.78, 5) is 0. The fourth-order valence-electron chi connectivity index (χ4n) is 3.68. The summed E-state index contributed by atoms with van der Waals surface area (Å²) in [6.45, 7) is 4.35. The Hall–Kier alpha value is -3.26. The van der Waals surface area contributed by atoms with Crippen molar-refractivity contribution < 1.29 is 9.47 Å². The first kappa shape index (κ1) is 20.0. The smallest absolute Gasteiger partial charge is 0.143 e. The van der Waals surface area contributed by atoms with Gasteiger partial charge in [-0.15, -0.1) is 0 Å². The van der Waals surface area contributed by atoms with Crippen LogP contribution >= 0.6 is 0 Å². The summed E-state index contributed by atoms with van der Waals surface area (Å²) in [5.41, 5.74) is 7.23. The monoisotopic (exact) mass is 396 g/mol. The summed E-state index contributed by atoms with van der Waals surface area (Å²) in [5, 5.41) is 0. The van der Waals surface area contributed by atoms with Gasteiger partial charge in [0.25, 0.3) is 0 Å². The number of methoxy groups -OCH3 is 1. The summed E-state index contributed by atoms with van der Waals surface area (Å²) in [5.74, 6) is 1.76. The molecule has 1 unspecified atom stereocenters. The van der Waals surface area contributed by atoms with Gasteiger partial charge in [-0.2, -0.15) is 0 Å². The van der Waals surface area contributed by atoms with Crippen molar-refractivity contribution in [3.8, 4) is 5.75 Å². The van der Waals surface area contributed by atoms with E-state index in [1.807, 2.05) is 12.1 Å². The van der Waals surface area contributed by atoms with Crippen LogP contribution in [-0.2, 0) is 17.6 Å². The predicted octanol–water partition coefficient (Wildman–Crippen LogP) is 7.02. The second-order valence-electron chi connectivity index (χ2n) is 7.54. The Balaban J connectivity index is 1.73. The van der Waals surface area contributed by atoms with Crippen LogP contribution in [-0.4, -0.2) is 7.11 Å². The third-order valence-electron chi connectivity index (χ3n) is 5.66. The van der Waals surface area contributed by atoms with Crippen LogP contribution < -0.4 is 4.74 Å². The van der Waals surface area contributed by atoms with Gasteiger partial charge < -0.3 is 9.47 Å². The Morgan fingerprint density at radius 1 is 0.733 bits per heavy atom. The van der Waals surface area contributed by atoms with Crippen molar-refractivity contribution in [2.45, 2.75) is 32.8 Å². The molecule has 0 aromatic heterocycles. The molecule has 0 amide bonds. The Labute approximate surface area is 179 Å². The molecule has 2 nitrogen and oxygen atoms in total. The molecule has 30 heavy (non-hydrogen) atoms. The molecule has 3 aromatic carbocycles. The normalized spacial score (nSPS) is 15.8. The van der Waals surface area contributed by atoms with E-state index < -0.39 is 0 Å². The van der Waals surface area contributed by atoms with Crippen LogP contribution in [0.15, 0.2) is 84.9 Å². The van der Waals surface area contributed by atoms with Crippen molar-refractivity contribution in [1.82, 2.24) is 0 Å². The number of rotatable bonds is 6. The zero-order chi connectivity index (χ0) is 20.9. The van der Waals surface area contributed by atoms with E-state index in [1.54, 1.807) is 7.11 Å². The Bertz CT molecular complexity index is 1040. The molecule has 2 heteroatoms. The van der Waals surface area contributed by atoms with Crippen LogP contribution in [0.2, 0.25) is 0 Å². The molecule has 1 atom stereocenters. The molecule has 0 spiro atoms. The number of aryl methyl sites for hydroxylation is 2. The van der Waals surface area contributed by atoms with Gasteiger partial charge in [0.2, 0.25) is 0 Å². The average molecular weight is 397 g/mol. The minimum Gasteiger partial charge on any atom is -0.497 e. The quantitative estimate of drug-likeness (QED) is 0.446. The van der Waals surface area contributed by atoms with Gasteiger partial charge in [0.05, 0.1) is 7.11 Å². The van der Waals surface area contributed by atoms with Crippen LogP contribution in [0.1, 0.15) is 47.8 Å². The summed E-state index contributed by atoms with van der Waals surface area (Å²) in [6, 6.07) is 25.6. The van der Waals surface area contributed by atoms with Gasteiger partial charge in [-0.05, 0) is 65.0 Å². The Morgan fingerprint density at radius 3 is 1.87 bits per heavy atom. The third kappa shape index (κ3) is 4.33. The fraction of sp³-hybridized carbons (Fsp3) is 0.214. The van der Waals surface area contributed by atoms with E-state index in [0.717, 1.165) is 46.6 Å². The highest BCUT2D eigenvalue weighted by Gasteiger charge is 2.20. The van der Waals surface area contributed by atoms with Gasteiger partial charge in [-0.3, -0.25) is 0 Å². The molecule has 0 fully saturated rings. The lowest BCUT2D eigenvalue weighted by molar-refractivity contribution is 0.213. The maximum absolute atomic E-state index is 6.46. The van der Waals surface area contributed by atoms with Gasteiger partial charge in [-0.1, -0.05) is 74.5 Å². The molecule has 152 valence electrons. The minimum absolute atomic E-state index is 0.126. The summed E-state index contributed by atoms with van der Waals surface area (Å²) in [6.07, 6.45) is 6.28. The van der Waals surface area contributed by atoms with E-state index in [0.29, 0.717) is 0 Å². The van der Waals surface area contributed by atoms with Gasteiger partial charge in [0.15, 0.2) is 0 Å². The van der Waals surface area contributed by atoms with Crippen LogP contribution in [0.3, 0.4) is 0 Å². The summed E-state index contributed by atoms with van der Waals surface area (Å²) in [7, 11) is 1.69. The standard InChI is InChI=1S/C28H28O2/c1-4-20-6-10-23(11-7-20)27-18-25(22-14-16-26(29-3)17-15-22)19-28(30-27)24-12-8-21(5-2)9-13-24/h6-19,27H,4-5H2,1-3H3. The van der Waals surface area contributed by atoms with Crippen LogP contribution in [0.5, 0.6) is 5.75 Å². The first-order chi connectivity index (χ1) is 14.7. The second kappa shape index (κ2) is 9.04. The number of allylic oxidation sites excluding steroid dienone is 2. The minimum atomic E-state index is -0.126. The third-order valence-corrected chi connectivity index (χ3v) is 5.66. The number of hydrogen-bond acceptors (Lipinski definition) is 2. The molecule has 1 aliphatic rings. The highest BCUT2D eigenvalue weighted by atomic mass is 16.5. The van der Waals surface area contributed by atoms with Crippen LogP contribution in [0.4, 0.5) is 0 Å². The van der Waals surface area contributed by atoms with E-state index in [1.165, 1.54) is 11.1 Å².